The molecule has 4 fully saturated rings. The molecule has 80 valence electrons. The number of hydrogen-bond acceptors (Lipinski definition) is 1. The summed E-state index contributed by atoms with van der Waals surface area (Å²) in [6.45, 7) is 9.60. The summed E-state index contributed by atoms with van der Waals surface area (Å²) in [7, 11) is 0. The molecule has 1 nitrogen and oxygen atoms in total. The lowest BCUT2D eigenvalue weighted by Gasteiger charge is -2.29. The van der Waals surface area contributed by atoms with Crippen LogP contribution in [0.1, 0.15) is 40.0 Å². The molecule has 0 aliphatic heterocycles. The first-order valence-electron chi connectivity index (χ1n) is 6.52. The van der Waals surface area contributed by atoms with Crippen molar-refractivity contribution in [1.29, 1.82) is 0 Å². The Morgan fingerprint density at radius 2 is 1.93 bits per heavy atom. The Kier molecular flexibility index (Phi) is 1.81. The Hall–Kier alpha value is -0.0400. The van der Waals surface area contributed by atoms with E-state index in [1.165, 1.54) is 19.5 Å². The summed E-state index contributed by atoms with van der Waals surface area (Å²) in [5, 5.41) is 0. The molecule has 0 saturated heterocycles. The van der Waals surface area contributed by atoms with E-state index >= 15 is 0 Å². The van der Waals surface area contributed by atoms with Crippen molar-refractivity contribution in [2.24, 2.45) is 23.2 Å². The standard InChI is InChI=1S/C13H23N/c1-4-13-8-9-7-10(13)11(13)12(9)14(5-2)6-3/h9-12H,4-8H2,1-3H3/t9-,10-,11-,12-,13+/m1/s1. The molecule has 0 aromatic carbocycles. The molecule has 4 aliphatic rings. The fraction of sp³-hybridized carbons (Fsp3) is 1.00. The zero-order valence-corrected chi connectivity index (χ0v) is 9.79. The van der Waals surface area contributed by atoms with E-state index in [1.807, 2.05) is 0 Å². The summed E-state index contributed by atoms with van der Waals surface area (Å²) >= 11 is 0. The zero-order chi connectivity index (χ0) is 9.92. The largest absolute Gasteiger partial charge is 0.300 e. The molecule has 5 atom stereocenters. The highest BCUT2D eigenvalue weighted by Gasteiger charge is 2.77. The SMILES string of the molecule is CCN(CC)[C@@H]1[C@@H]2C[C@@H]3[C@H]1[C@@]3(CC)C2. The van der Waals surface area contributed by atoms with Crippen molar-refractivity contribution in [1.82, 2.24) is 4.90 Å². The maximum atomic E-state index is 2.74. The van der Waals surface area contributed by atoms with Gasteiger partial charge in [-0.15, -0.1) is 0 Å². The molecule has 0 N–H and O–H groups in total. The van der Waals surface area contributed by atoms with Gasteiger partial charge in [-0.25, -0.2) is 0 Å². The van der Waals surface area contributed by atoms with Crippen LogP contribution in [0.5, 0.6) is 0 Å². The number of nitrogens with zero attached hydrogens (tertiary/aromatic N) is 1. The highest BCUT2D eigenvalue weighted by molar-refractivity contribution is 5.27. The molecule has 4 bridgehead atoms. The Balaban J connectivity index is 1.81. The van der Waals surface area contributed by atoms with Crippen LogP contribution in [-0.4, -0.2) is 24.0 Å². The molecule has 0 aromatic heterocycles. The predicted octanol–water partition coefficient (Wildman–Crippen LogP) is 2.76. The van der Waals surface area contributed by atoms with E-state index in [1.54, 1.807) is 12.8 Å². The minimum atomic E-state index is 0.845. The van der Waals surface area contributed by atoms with Gasteiger partial charge in [0.05, 0.1) is 0 Å². The Bertz CT molecular complexity index is 246. The van der Waals surface area contributed by atoms with Crippen molar-refractivity contribution in [3.05, 3.63) is 0 Å². The topological polar surface area (TPSA) is 3.24 Å². The quantitative estimate of drug-likeness (QED) is 0.663. The third-order valence-electron chi connectivity index (χ3n) is 5.67. The molecule has 4 saturated carbocycles. The van der Waals surface area contributed by atoms with Crippen LogP contribution < -0.4 is 0 Å². The first kappa shape index (κ1) is 9.21. The lowest BCUT2D eigenvalue weighted by Crippen LogP contribution is -2.37. The molecule has 0 aromatic rings. The van der Waals surface area contributed by atoms with Crippen LogP contribution >= 0.6 is 0 Å². The van der Waals surface area contributed by atoms with Crippen molar-refractivity contribution in [3.63, 3.8) is 0 Å². The average molecular weight is 193 g/mol. The lowest BCUT2D eigenvalue weighted by atomic mass is 10.0. The molecule has 14 heavy (non-hydrogen) atoms. The molecule has 0 radical (unpaired) electrons. The molecule has 0 unspecified atom stereocenters. The van der Waals surface area contributed by atoms with Crippen LogP contribution in [0.25, 0.3) is 0 Å². The van der Waals surface area contributed by atoms with Gasteiger partial charge in [0.15, 0.2) is 0 Å². The van der Waals surface area contributed by atoms with Crippen LogP contribution in [0.3, 0.4) is 0 Å². The first-order chi connectivity index (χ1) is 6.78. The van der Waals surface area contributed by atoms with Crippen molar-refractivity contribution in [2.75, 3.05) is 13.1 Å². The van der Waals surface area contributed by atoms with E-state index in [0.717, 1.165) is 29.2 Å². The predicted molar refractivity (Wildman–Crippen MR) is 59.1 cm³/mol. The van der Waals surface area contributed by atoms with E-state index in [9.17, 15) is 0 Å². The van der Waals surface area contributed by atoms with E-state index in [-0.39, 0.29) is 0 Å². The minimum absolute atomic E-state index is 0.845. The smallest absolute Gasteiger partial charge is 0.0160 e. The van der Waals surface area contributed by atoms with Gasteiger partial charge in [0.25, 0.3) is 0 Å². The van der Waals surface area contributed by atoms with Crippen molar-refractivity contribution < 1.29 is 0 Å². The third kappa shape index (κ3) is 0.816. The Morgan fingerprint density at radius 1 is 1.21 bits per heavy atom. The van der Waals surface area contributed by atoms with Crippen LogP contribution in [0.2, 0.25) is 0 Å². The lowest BCUT2D eigenvalue weighted by molar-refractivity contribution is 0.177. The van der Waals surface area contributed by atoms with E-state index < -0.39 is 0 Å². The Labute approximate surface area is 87.9 Å². The second-order valence-electron chi connectivity index (χ2n) is 5.63. The van der Waals surface area contributed by atoms with Gasteiger partial charge in [0.2, 0.25) is 0 Å². The molecule has 0 heterocycles. The van der Waals surface area contributed by atoms with Crippen LogP contribution in [-0.2, 0) is 0 Å². The summed E-state index contributed by atoms with van der Waals surface area (Å²) in [5.41, 5.74) is 0.845. The maximum absolute atomic E-state index is 2.74. The van der Waals surface area contributed by atoms with Gasteiger partial charge >= 0.3 is 0 Å². The number of hydrogen-bond donors (Lipinski definition) is 0. The molecule has 4 rings (SSSR count). The van der Waals surface area contributed by atoms with Crippen LogP contribution in [0.4, 0.5) is 0 Å². The number of rotatable bonds is 4. The summed E-state index contributed by atoms with van der Waals surface area (Å²) in [4.78, 5) is 2.74. The third-order valence-corrected chi connectivity index (χ3v) is 5.67. The van der Waals surface area contributed by atoms with Gasteiger partial charge in [-0.05, 0) is 55.5 Å². The van der Waals surface area contributed by atoms with Crippen LogP contribution in [0, 0.1) is 23.2 Å². The molecule has 4 aliphatic carbocycles. The van der Waals surface area contributed by atoms with E-state index in [4.69, 9.17) is 0 Å². The Morgan fingerprint density at radius 3 is 2.36 bits per heavy atom. The fourth-order valence-electron chi connectivity index (χ4n) is 5.12. The second kappa shape index (κ2) is 2.75. The monoisotopic (exact) mass is 193 g/mol. The summed E-state index contributed by atoms with van der Waals surface area (Å²) in [6, 6.07) is 0.981. The molecular weight excluding hydrogens is 170 g/mol. The van der Waals surface area contributed by atoms with E-state index in [2.05, 4.69) is 25.7 Å². The molecule has 1 heteroatoms. The molecule has 0 spiro atoms. The summed E-state index contributed by atoms with van der Waals surface area (Å²) < 4.78 is 0. The normalized spacial score (nSPS) is 53.1. The van der Waals surface area contributed by atoms with E-state index in [0.29, 0.717) is 0 Å². The van der Waals surface area contributed by atoms with Crippen LogP contribution in [0.15, 0.2) is 0 Å². The highest BCUT2D eigenvalue weighted by Crippen LogP contribution is 2.81. The van der Waals surface area contributed by atoms with Crippen molar-refractivity contribution in [2.45, 2.75) is 46.1 Å². The van der Waals surface area contributed by atoms with Crippen molar-refractivity contribution in [3.8, 4) is 0 Å². The van der Waals surface area contributed by atoms with Gasteiger partial charge in [-0.2, -0.15) is 0 Å². The highest BCUT2D eigenvalue weighted by atomic mass is 15.2. The minimum Gasteiger partial charge on any atom is -0.300 e. The fourth-order valence-corrected chi connectivity index (χ4v) is 5.12. The summed E-state index contributed by atoms with van der Waals surface area (Å²) in [6.07, 6.45) is 4.59. The van der Waals surface area contributed by atoms with Gasteiger partial charge in [-0.1, -0.05) is 20.8 Å². The van der Waals surface area contributed by atoms with Gasteiger partial charge in [0, 0.05) is 6.04 Å². The van der Waals surface area contributed by atoms with Gasteiger partial charge < -0.3 is 4.90 Å². The average Bonchev–Trinajstić information content (AvgIpc) is 2.65. The first-order valence-corrected chi connectivity index (χ1v) is 6.52. The summed E-state index contributed by atoms with van der Waals surface area (Å²) in [5.74, 6) is 3.32. The maximum Gasteiger partial charge on any atom is 0.0160 e. The van der Waals surface area contributed by atoms with Gasteiger partial charge in [-0.3, -0.25) is 0 Å². The zero-order valence-electron chi connectivity index (χ0n) is 9.79. The molecular formula is C13H23N. The van der Waals surface area contributed by atoms with Crippen molar-refractivity contribution >= 4 is 0 Å². The van der Waals surface area contributed by atoms with Gasteiger partial charge in [0.1, 0.15) is 0 Å². The second-order valence-corrected chi connectivity index (χ2v) is 5.63. The molecule has 0 amide bonds.